The molecule has 1 amide bonds. The van der Waals surface area contributed by atoms with Crippen molar-refractivity contribution in [3.63, 3.8) is 0 Å². The molecule has 33 heavy (non-hydrogen) atoms. The van der Waals surface area contributed by atoms with Gasteiger partial charge in [-0.15, -0.1) is 0 Å². The second-order valence-corrected chi connectivity index (χ2v) is 8.59. The Bertz CT molecular complexity index is 1300. The highest BCUT2D eigenvalue weighted by atomic mass is 16.5. The van der Waals surface area contributed by atoms with Crippen molar-refractivity contribution in [3.8, 4) is 17.2 Å². The smallest absolute Gasteiger partial charge is 0.225 e. The van der Waals surface area contributed by atoms with E-state index in [-0.39, 0.29) is 11.8 Å². The van der Waals surface area contributed by atoms with E-state index < -0.39 is 0 Å². The average molecular weight is 437 g/mol. The quantitative estimate of drug-likeness (QED) is 0.609. The Hall–Kier alpha value is -3.93. The number of rotatable bonds is 4. The maximum atomic E-state index is 11.7. The molecule has 2 aromatic carbocycles. The van der Waals surface area contributed by atoms with Gasteiger partial charge in [0.1, 0.15) is 23.1 Å². The van der Waals surface area contributed by atoms with Crippen LogP contribution < -0.4 is 14.8 Å². The Balaban J connectivity index is 1.18. The van der Waals surface area contributed by atoms with Crippen LogP contribution in [0.4, 0.5) is 5.82 Å². The molecule has 0 spiro atoms. The minimum absolute atomic E-state index is 0.0103. The third-order valence-electron chi connectivity index (χ3n) is 6.41. The number of nitrogens with zero attached hydrogens (tertiary/aromatic N) is 2. The fraction of sp³-hybridized carbons (Fsp3) is 0.222. The number of nitrogens with one attached hydrogen (secondary N) is 1. The number of amides is 1. The van der Waals surface area contributed by atoms with Crippen molar-refractivity contribution >= 4 is 23.0 Å². The van der Waals surface area contributed by atoms with Crippen LogP contribution in [0.15, 0.2) is 72.0 Å². The highest BCUT2D eigenvalue weighted by molar-refractivity contribution is 6.00. The summed E-state index contributed by atoms with van der Waals surface area (Å²) < 4.78 is 12.3. The molecule has 0 radical (unpaired) electrons. The van der Waals surface area contributed by atoms with Gasteiger partial charge in [-0.1, -0.05) is 30.3 Å². The highest BCUT2D eigenvalue weighted by Crippen LogP contribution is 2.37. The van der Waals surface area contributed by atoms with Crippen LogP contribution >= 0.6 is 0 Å². The molecule has 1 unspecified atom stereocenters. The second-order valence-electron chi connectivity index (χ2n) is 8.59. The zero-order valence-corrected chi connectivity index (χ0v) is 18.1. The predicted molar refractivity (Wildman–Crippen MR) is 127 cm³/mol. The molecule has 4 heterocycles. The summed E-state index contributed by atoms with van der Waals surface area (Å²) in [6, 6.07) is 18.2. The van der Waals surface area contributed by atoms with Crippen molar-refractivity contribution in [2.24, 2.45) is 10.9 Å². The number of aromatic nitrogens is 1. The summed E-state index contributed by atoms with van der Waals surface area (Å²) in [5.74, 6) is 3.20. The first kappa shape index (κ1) is 19.7. The highest BCUT2D eigenvalue weighted by Gasteiger charge is 2.27. The van der Waals surface area contributed by atoms with Crippen LogP contribution in [-0.2, 0) is 17.6 Å². The van der Waals surface area contributed by atoms with Crippen LogP contribution in [0, 0.1) is 5.92 Å². The average Bonchev–Trinajstić information content (AvgIpc) is 3.35. The number of benzene rings is 2. The minimum Gasteiger partial charge on any atom is -0.493 e. The van der Waals surface area contributed by atoms with Crippen LogP contribution in [0.1, 0.15) is 29.5 Å². The van der Waals surface area contributed by atoms with Gasteiger partial charge in [-0.2, -0.15) is 0 Å². The van der Waals surface area contributed by atoms with Gasteiger partial charge in [-0.05, 0) is 53.8 Å². The number of carbonyl (C=O) groups excluding carboxylic acids is 1. The first-order chi connectivity index (χ1) is 16.2. The van der Waals surface area contributed by atoms with Crippen molar-refractivity contribution in [1.29, 1.82) is 0 Å². The largest absolute Gasteiger partial charge is 0.493 e. The number of carbonyl (C=O) groups is 1. The zero-order chi connectivity index (χ0) is 22.2. The number of fused-ring (bicyclic) bond motifs is 2. The Morgan fingerprint density at radius 2 is 1.97 bits per heavy atom. The molecular weight excluding hydrogens is 414 g/mol. The molecule has 0 aliphatic carbocycles. The van der Waals surface area contributed by atoms with Crippen molar-refractivity contribution in [2.75, 3.05) is 11.9 Å². The molecular formula is C27H23N3O3. The Morgan fingerprint density at radius 1 is 1.06 bits per heavy atom. The summed E-state index contributed by atoms with van der Waals surface area (Å²) in [7, 11) is 0. The van der Waals surface area contributed by atoms with Crippen molar-refractivity contribution < 1.29 is 14.3 Å². The van der Waals surface area contributed by atoms with Crippen molar-refractivity contribution in [1.82, 2.24) is 4.98 Å². The molecule has 6 rings (SSSR count). The zero-order valence-electron chi connectivity index (χ0n) is 18.1. The summed E-state index contributed by atoms with van der Waals surface area (Å²) in [5.41, 5.74) is 5.70. The third-order valence-corrected chi connectivity index (χ3v) is 6.41. The number of allylic oxidation sites excluding steroid dienone is 1. The van der Waals surface area contributed by atoms with E-state index in [0.717, 1.165) is 41.2 Å². The number of aliphatic imine (C=N–C) groups is 1. The van der Waals surface area contributed by atoms with Gasteiger partial charge in [-0.3, -0.25) is 9.79 Å². The SMILES string of the molecule is O=C1CCc2c(Oc3ccc4c(c3)CC(C3=NC=C(c5ccccc5)C3)CO4)ccnc2N1. The molecule has 6 heteroatoms. The van der Waals surface area contributed by atoms with Gasteiger partial charge in [0.2, 0.25) is 5.91 Å². The van der Waals surface area contributed by atoms with Crippen LogP contribution in [0.25, 0.3) is 5.57 Å². The normalized spacial score (nSPS) is 18.9. The van der Waals surface area contributed by atoms with E-state index >= 15 is 0 Å². The fourth-order valence-corrected chi connectivity index (χ4v) is 4.65. The lowest BCUT2D eigenvalue weighted by Gasteiger charge is -2.26. The maximum absolute atomic E-state index is 11.7. The molecule has 1 atom stereocenters. The van der Waals surface area contributed by atoms with E-state index in [1.165, 1.54) is 16.8 Å². The molecule has 0 saturated heterocycles. The number of hydrogen-bond donors (Lipinski definition) is 1. The van der Waals surface area contributed by atoms with Gasteiger partial charge < -0.3 is 14.8 Å². The topological polar surface area (TPSA) is 72.8 Å². The fourth-order valence-electron chi connectivity index (χ4n) is 4.65. The third kappa shape index (κ3) is 3.89. The molecule has 0 saturated carbocycles. The lowest BCUT2D eigenvalue weighted by Crippen LogP contribution is -2.27. The van der Waals surface area contributed by atoms with Gasteiger partial charge >= 0.3 is 0 Å². The summed E-state index contributed by atoms with van der Waals surface area (Å²) in [4.78, 5) is 20.7. The van der Waals surface area contributed by atoms with E-state index in [0.29, 0.717) is 25.3 Å². The molecule has 3 aromatic rings. The van der Waals surface area contributed by atoms with E-state index in [1.807, 2.05) is 30.5 Å². The molecule has 3 aliphatic heterocycles. The molecule has 0 bridgehead atoms. The molecule has 1 N–H and O–H groups in total. The van der Waals surface area contributed by atoms with Gasteiger partial charge in [-0.25, -0.2) is 4.98 Å². The van der Waals surface area contributed by atoms with Crippen molar-refractivity contribution in [2.45, 2.75) is 25.7 Å². The number of hydrogen-bond acceptors (Lipinski definition) is 5. The van der Waals surface area contributed by atoms with E-state index in [9.17, 15) is 4.79 Å². The molecule has 1 aromatic heterocycles. The number of pyridine rings is 1. The van der Waals surface area contributed by atoms with Crippen LogP contribution in [0.2, 0.25) is 0 Å². The lowest BCUT2D eigenvalue weighted by atomic mass is 9.89. The van der Waals surface area contributed by atoms with Gasteiger partial charge in [0.25, 0.3) is 0 Å². The van der Waals surface area contributed by atoms with Crippen LogP contribution in [0.3, 0.4) is 0 Å². The molecule has 6 nitrogen and oxygen atoms in total. The van der Waals surface area contributed by atoms with Gasteiger partial charge in [0, 0.05) is 42.4 Å². The second kappa shape index (κ2) is 8.20. The monoisotopic (exact) mass is 437 g/mol. The van der Waals surface area contributed by atoms with Crippen LogP contribution in [0.5, 0.6) is 17.2 Å². The molecule has 3 aliphatic rings. The van der Waals surface area contributed by atoms with E-state index in [4.69, 9.17) is 14.5 Å². The van der Waals surface area contributed by atoms with Gasteiger partial charge in [0.15, 0.2) is 0 Å². The van der Waals surface area contributed by atoms with Gasteiger partial charge in [0.05, 0.1) is 6.61 Å². The summed E-state index contributed by atoms with van der Waals surface area (Å²) in [5, 5.41) is 2.82. The maximum Gasteiger partial charge on any atom is 0.225 e. The summed E-state index contributed by atoms with van der Waals surface area (Å²) >= 11 is 0. The standard InChI is InChI=1S/C27H23N3O3/c31-26-9-7-22-25(10-11-28-27(22)30-26)33-21-6-8-24-18(13-21)12-20(16-32-24)23-14-19(15-29-23)17-4-2-1-3-5-17/h1-6,8,10-11,13,15,20H,7,9,12,14,16H2,(H,28,30,31). The van der Waals surface area contributed by atoms with E-state index in [1.54, 1.807) is 6.20 Å². The molecule has 0 fully saturated rings. The first-order valence-electron chi connectivity index (χ1n) is 11.3. The summed E-state index contributed by atoms with van der Waals surface area (Å²) in [6.45, 7) is 0.638. The lowest BCUT2D eigenvalue weighted by molar-refractivity contribution is -0.116. The van der Waals surface area contributed by atoms with E-state index in [2.05, 4.69) is 40.6 Å². The van der Waals surface area contributed by atoms with Crippen LogP contribution in [-0.4, -0.2) is 23.2 Å². The Kier molecular flexibility index (Phi) is 4.91. The van der Waals surface area contributed by atoms with Crippen molar-refractivity contribution in [3.05, 3.63) is 83.7 Å². The first-order valence-corrected chi connectivity index (χ1v) is 11.3. The Labute approximate surface area is 192 Å². The number of ether oxygens (including phenoxy) is 2. The molecule has 164 valence electrons. The minimum atomic E-state index is -0.0103. The predicted octanol–water partition coefficient (Wildman–Crippen LogP) is 5.20. The summed E-state index contributed by atoms with van der Waals surface area (Å²) in [6.07, 6.45) is 6.44. The number of anilines is 1. The Morgan fingerprint density at radius 3 is 2.88 bits per heavy atom.